The summed E-state index contributed by atoms with van der Waals surface area (Å²) in [7, 11) is -3.20. The van der Waals surface area contributed by atoms with Crippen molar-refractivity contribution in [3.8, 4) is 0 Å². The van der Waals surface area contributed by atoms with E-state index in [0.29, 0.717) is 6.54 Å². The topological polar surface area (TPSA) is 58.2 Å². The Kier molecular flexibility index (Phi) is 5.39. The molecule has 0 saturated carbocycles. The van der Waals surface area contributed by atoms with Gasteiger partial charge in [0, 0.05) is 18.8 Å². The maximum atomic E-state index is 13.1. The average Bonchev–Trinajstić information content (AvgIpc) is 2.47. The molecule has 22 heavy (non-hydrogen) atoms. The minimum Gasteiger partial charge on any atom is -0.381 e. The van der Waals surface area contributed by atoms with Gasteiger partial charge in [-0.25, -0.2) is 17.5 Å². The van der Waals surface area contributed by atoms with E-state index in [1.165, 1.54) is 6.07 Å². The highest BCUT2D eigenvalue weighted by molar-refractivity contribution is 7.88. The largest absolute Gasteiger partial charge is 0.381 e. The van der Waals surface area contributed by atoms with Gasteiger partial charge in [-0.1, -0.05) is 29.8 Å². The number of halogens is 2. The zero-order valence-electron chi connectivity index (χ0n) is 11.9. The Morgan fingerprint density at radius 2 is 1.68 bits per heavy atom. The lowest BCUT2D eigenvalue weighted by Gasteiger charge is -2.08. The molecule has 0 aliphatic heterocycles. The first-order chi connectivity index (χ1) is 10.3. The maximum absolute atomic E-state index is 13.1. The van der Waals surface area contributed by atoms with Crippen molar-refractivity contribution in [3.63, 3.8) is 0 Å². The van der Waals surface area contributed by atoms with Gasteiger partial charge in [0.1, 0.15) is 5.82 Å². The molecule has 0 aromatic heterocycles. The fraction of sp³-hybridized carbons (Fsp3) is 0.200. The molecule has 0 fully saturated rings. The molecule has 4 nitrogen and oxygen atoms in total. The highest BCUT2D eigenvalue weighted by atomic mass is 35.5. The van der Waals surface area contributed by atoms with Crippen LogP contribution in [-0.2, 0) is 23.1 Å². The fourth-order valence-corrected chi connectivity index (χ4v) is 2.44. The van der Waals surface area contributed by atoms with Gasteiger partial charge in [-0.15, -0.1) is 0 Å². The third-order valence-electron chi connectivity index (χ3n) is 2.97. The molecule has 0 bridgehead atoms. The predicted octanol–water partition coefficient (Wildman–Crippen LogP) is 3.14. The Hall–Kier alpha value is -1.63. The van der Waals surface area contributed by atoms with Crippen LogP contribution in [0, 0.1) is 5.82 Å². The van der Waals surface area contributed by atoms with Crippen molar-refractivity contribution in [1.82, 2.24) is 4.72 Å². The fourth-order valence-electron chi connectivity index (χ4n) is 1.81. The second kappa shape index (κ2) is 7.09. The Bertz CT molecular complexity index is 749. The van der Waals surface area contributed by atoms with Crippen LogP contribution in [0.1, 0.15) is 11.1 Å². The van der Waals surface area contributed by atoms with Crippen LogP contribution >= 0.6 is 11.6 Å². The summed E-state index contributed by atoms with van der Waals surface area (Å²) < 4.78 is 37.5. The van der Waals surface area contributed by atoms with Crippen molar-refractivity contribution >= 4 is 27.3 Å². The first-order valence-electron chi connectivity index (χ1n) is 6.55. The number of rotatable bonds is 6. The molecular weight excluding hydrogens is 327 g/mol. The van der Waals surface area contributed by atoms with E-state index in [9.17, 15) is 12.8 Å². The molecule has 0 aliphatic carbocycles. The molecule has 0 amide bonds. The number of nitrogens with one attached hydrogen (secondary N) is 2. The molecule has 0 heterocycles. The standard InChI is InChI=1S/C15H16ClFN2O2S/c1-22(20,21)19-10-11-2-5-13(6-3-11)18-9-12-4-7-15(17)14(16)8-12/h2-8,18-19H,9-10H2,1H3. The highest BCUT2D eigenvalue weighted by Crippen LogP contribution is 2.17. The van der Waals surface area contributed by atoms with Gasteiger partial charge >= 0.3 is 0 Å². The molecule has 0 spiro atoms. The van der Waals surface area contributed by atoms with E-state index < -0.39 is 15.8 Å². The molecule has 2 rings (SSSR count). The molecule has 0 unspecified atom stereocenters. The molecule has 0 aliphatic rings. The quantitative estimate of drug-likeness (QED) is 0.848. The number of sulfonamides is 1. The number of anilines is 1. The summed E-state index contributed by atoms with van der Waals surface area (Å²) >= 11 is 5.73. The highest BCUT2D eigenvalue weighted by Gasteiger charge is 2.02. The molecule has 2 aromatic carbocycles. The van der Waals surface area contributed by atoms with Gasteiger partial charge in [0.2, 0.25) is 10.0 Å². The van der Waals surface area contributed by atoms with Gasteiger partial charge in [0.25, 0.3) is 0 Å². The lowest BCUT2D eigenvalue weighted by atomic mass is 10.2. The first-order valence-corrected chi connectivity index (χ1v) is 8.82. The molecule has 118 valence electrons. The molecule has 0 radical (unpaired) electrons. The van der Waals surface area contributed by atoms with Crippen LogP contribution in [-0.4, -0.2) is 14.7 Å². The second-order valence-corrected chi connectivity index (χ2v) is 7.13. The van der Waals surface area contributed by atoms with E-state index in [4.69, 9.17) is 11.6 Å². The molecule has 2 N–H and O–H groups in total. The average molecular weight is 343 g/mol. The second-order valence-electron chi connectivity index (χ2n) is 4.89. The van der Waals surface area contributed by atoms with Gasteiger partial charge in [-0.3, -0.25) is 0 Å². The SMILES string of the molecule is CS(=O)(=O)NCc1ccc(NCc2ccc(F)c(Cl)c2)cc1. The summed E-state index contributed by atoms with van der Waals surface area (Å²) in [6.45, 7) is 0.771. The van der Waals surface area contributed by atoms with E-state index in [1.54, 1.807) is 12.1 Å². The van der Waals surface area contributed by atoms with Crippen LogP contribution in [0.5, 0.6) is 0 Å². The molecule has 7 heteroatoms. The molecule has 0 saturated heterocycles. The summed E-state index contributed by atoms with van der Waals surface area (Å²) in [5, 5.41) is 3.29. The Balaban J connectivity index is 1.92. The van der Waals surface area contributed by atoms with Gasteiger partial charge in [-0.2, -0.15) is 0 Å². The number of hydrogen-bond donors (Lipinski definition) is 2. The van der Waals surface area contributed by atoms with Crippen LogP contribution in [0.25, 0.3) is 0 Å². The Morgan fingerprint density at radius 1 is 1.05 bits per heavy atom. The van der Waals surface area contributed by atoms with Crippen LogP contribution in [0.2, 0.25) is 5.02 Å². The van der Waals surface area contributed by atoms with Crippen molar-refractivity contribution in [1.29, 1.82) is 0 Å². The zero-order valence-corrected chi connectivity index (χ0v) is 13.5. The first kappa shape index (κ1) is 16.7. The van der Waals surface area contributed by atoms with Gasteiger partial charge in [0.05, 0.1) is 11.3 Å². The maximum Gasteiger partial charge on any atom is 0.209 e. The molecular formula is C15H16ClFN2O2S. The van der Waals surface area contributed by atoms with Crippen LogP contribution in [0.15, 0.2) is 42.5 Å². The van der Waals surface area contributed by atoms with Crippen LogP contribution in [0.4, 0.5) is 10.1 Å². The summed E-state index contributed by atoms with van der Waals surface area (Å²) in [6.07, 6.45) is 1.12. The van der Waals surface area contributed by atoms with Crippen LogP contribution < -0.4 is 10.0 Å². The normalized spacial score (nSPS) is 11.4. The monoisotopic (exact) mass is 342 g/mol. The van der Waals surface area contributed by atoms with E-state index in [0.717, 1.165) is 23.1 Å². The number of benzene rings is 2. The minimum absolute atomic E-state index is 0.0986. The Morgan fingerprint density at radius 3 is 2.27 bits per heavy atom. The van der Waals surface area contributed by atoms with Crippen LogP contribution in [0.3, 0.4) is 0 Å². The van der Waals surface area contributed by atoms with Gasteiger partial charge < -0.3 is 5.32 Å². The third kappa shape index (κ3) is 5.29. The zero-order chi connectivity index (χ0) is 16.2. The minimum atomic E-state index is -3.20. The van der Waals surface area contributed by atoms with Crippen molar-refractivity contribution < 1.29 is 12.8 Å². The Labute approximate surface area is 134 Å². The van der Waals surface area contributed by atoms with E-state index in [2.05, 4.69) is 10.0 Å². The van der Waals surface area contributed by atoms with Gasteiger partial charge in [-0.05, 0) is 35.4 Å². The third-order valence-corrected chi connectivity index (χ3v) is 3.93. The summed E-state index contributed by atoms with van der Waals surface area (Å²) in [5.74, 6) is -0.437. The van der Waals surface area contributed by atoms with Crippen molar-refractivity contribution in [2.45, 2.75) is 13.1 Å². The molecule has 0 atom stereocenters. The smallest absolute Gasteiger partial charge is 0.209 e. The number of hydrogen-bond acceptors (Lipinski definition) is 3. The van der Waals surface area contributed by atoms with E-state index in [1.807, 2.05) is 24.3 Å². The van der Waals surface area contributed by atoms with Crippen molar-refractivity contribution in [2.24, 2.45) is 0 Å². The van der Waals surface area contributed by atoms with E-state index >= 15 is 0 Å². The summed E-state index contributed by atoms with van der Waals surface area (Å²) in [5.41, 5.74) is 2.61. The molecule has 2 aromatic rings. The van der Waals surface area contributed by atoms with Gasteiger partial charge in [0.15, 0.2) is 0 Å². The van der Waals surface area contributed by atoms with E-state index in [-0.39, 0.29) is 11.6 Å². The summed E-state index contributed by atoms with van der Waals surface area (Å²) in [4.78, 5) is 0. The predicted molar refractivity (Wildman–Crippen MR) is 86.9 cm³/mol. The van der Waals surface area contributed by atoms with Crippen molar-refractivity contribution in [2.75, 3.05) is 11.6 Å². The van der Waals surface area contributed by atoms with Crippen molar-refractivity contribution in [3.05, 3.63) is 64.4 Å². The lowest BCUT2D eigenvalue weighted by Crippen LogP contribution is -2.21. The summed E-state index contributed by atoms with van der Waals surface area (Å²) in [6, 6.07) is 11.9. The lowest BCUT2D eigenvalue weighted by molar-refractivity contribution is 0.587.